The Labute approximate surface area is 59.3 Å². The summed E-state index contributed by atoms with van der Waals surface area (Å²) in [6.07, 6.45) is 1.33. The minimum absolute atomic E-state index is 0.0706. The molecule has 2 N–H and O–H groups in total. The predicted molar refractivity (Wildman–Crippen MR) is 34.8 cm³/mol. The molecular weight excluding hydrogens is 140 g/mol. The van der Waals surface area contributed by atoms with E-state index in [1.54, 1.807) is 0 Å². The number of hydrogen-bond acceptors (Lipinski definition) is 2. The van der Waals surface area contributed by atoms with Crippen LogP contribution in [-0.2, 0) is 4.74 Å². The topological polar surface area (TPSA) is 35.2 Å². The van der Waals surface area contributed by atoms with Gasteiger partial charge in [-0.2, -0.15) is 8.78 Å². The van der Waals surface area contributed by atoms with Crippen LogP contribution in [0.25, 0.3) is 0 Å². The first kappa shape index (κ1) is 9.78. The van der Waals surface area contributed by atoms with Gasteiger partial charge in [-0.05, 0) is 19.8 Å². The molecule has 0 amide bonds. The maximum atomic E-state index is 11.3. The summed E-state index contributed by atoms with van der Waals surface area (Å²) < 4.78 is 26.6. The summed E-state index contributed by atoms with van der Waals surface area (Å²) in [5.74, 6) is 0. The largest absolute Gasteiger partial charge is 0.345 e. The van der Waals surface area contributed by atoms with E-state index in [1.807, 2.05) is 6.92 Å². The first-order valence-electron chi connectivity index (χ1n) is 3.28. The molecule has 0 saturated carbocycles. The lowest BCUT2D eigenvalue weighted by atomic mass is 10.2. The van der Waals surface area contributed by atoms with Crippen molar-refractivity contribution in [1.29, 1.82) is 0 Å². The quantitative estimate of drug-likeness (QED) is 0.605. The van der Waals surface area contributed by atoms with Crippen LogP contribution in [-0.4, -0.2) is 19.3 Å². The SMILES string of the molecule is CC(N)CCCOC(F)F. The van der Waals surface area contributed by atoms with Crippen molar-refractivity contribution in [1.82, 2.24) is 0 Å². The van der Waals surface area contributed by atoms with Gasteiger partial charge in [0.1, 0.15) is 0 Å². The second-order valence-corrected chi connectivity index (χ2v) is 2.25. The van der Waals surface area contributed by atoms with E-state index in [4.69, 9.17) is 5.73 Å². The summed E-state index contributed by atoms with van der Waals surface area (Å²) in [4.78, 5) is 0. The van der Waals surface area contributed by atoms with Gasteiger partial charge < -0.3 is 10.5 Å². The Bertz CT molecular complexity index is 68.1. The monoisotopic (exact) mass is 153 g/mol. The second-order valence-electron chi connectivity index (χ2n) is 2.25. The Balaban J connectivity index is 2.91. The van der Waals surface area contributed by atoms with Crippen molar-refractivity contribution in [3.05, 3.63) is 0 Å². The molecule has 0 aliphatic rings. The van der Waals surface area contributed by atoms with Crippen molar-refractivity contribution >= 4 is 0 Å². The van der Waals surface area contributed by atoms with Gasteiger partial charge in [-0.1, -0.05) is 0 Å². The van der Waals surface area contributed by atoms with E-state index in [-0.39, 0.29) is 12.6 Å². The highest BCUT2D eigenvalue weighted by Gasteiger charge is 2.00. The zero-order valence-electron chi connectivity index (χ0n) is 6.02. The minimum Gasteiger partial charge on any atom is -0.328 e. The van der Waals surface area contributed by atoms with E-state index in [9.17, 15) is 8.78 Å². The molecule has 0 fully saturated rings. The van der Waals surface area contributed by atoms with E-state index < -0.39 is 6.61 Å². The summed E-state index contributed by atoms with van der Waals surface area (Å²) in [6, 6.07) is 0.0706. The molecule has 10 heavy (non-hydrogen) atoms. The molecule has 0 radical (unpaired) electrons. The Morgan fingerprint density at radius 1 is 1.50 bits per heavy atom. The van der Waals surface area contributed by atoms with Gasteiger partial charge in [0.05, 0.1) is 6.61 Å². The molecule has 0 rings (SSSR count). The normalized spacial score (nSPS) is 14.1. The molecule has 1 unspecified atom stereocenters. The van der Waals surface area contributed by atoms with Gasteiger partial charge in [-0.25, -0.2) is 0 Å². The van der Waals surface area contributed by atoms with Gasteiger partial charge in [0, 0.05) is 6.04 Å². The molecular formula is C6H13F2NO. The van der Waals surface area contributed by atoms with Crippen LogP contribution >= 0.6 is 0 Å². The fourth-order valence-electron chi connectivity index (χ4n) is 0.578. The molecule has 4 heteroatoms. The van der Waals surface area contributed by atoms with Crippen LogP contribution in [0.5, 0.6) is 0 Å². The van der Waals surface area contributed by atoms with Gasteiger partial charge >= 0.3 is 6.61 Å². The fraction of sp³-hybridized carbons (Fsp3) is 1.00. The third-order valence-corrected chi connectivity index (χ3v) is 1.05. The summed E-state index contributed by atoms with van der Waals surface area (Å²) in [5, 5.41) is 0. The van der Waals surface area contributed by atoms with Crippen LogP contribution in [0.4, 0.5) is 8.78 Å². The maximum Gasteiger partial charge on any atom is 0.345 e. The van der Waals surface area contributed by atoms with Crippen molar-refractivity contribution < 1.29 is 13.5 Å². The molecule has 0 saturated heterocycles. The highest BCUT2D eigenvalue weighted by Crippen LogP contribution is 1.98. The average molecular weight is 153 g/mol. The first-order valence-corrected chi connectivity index (χ1v) is 3.28. The number of rotatable bonds is 5. The van der Waals surface area contributed by atoms with Crippen molar-refractivity contribution in [2.45, 2.75) is 32.4 Å². The smallest absolute Gasteiger partial charge is 0.328 e. The molecule has 0 heterocycles. The van der Waals surface area contributed by atoms with E-state index in [2.05, 4.69) is 4.74 Å². The van der Waals surface area contributed by atoms with Gasteiger partial charge in [-0.15, -0.1) is 0 Å². The number of hydrogen-bond donors (Lipinski definition) is 1. The highest BCUT2D eigenvalue weighted by atomic mass is 19.3. The van der Waals surface area contributed by atoms with E-state index >= 15 is 0 Å². The van der Waals surface area contributed by atoms with Crippen LogP contribution in [0.15, 0.2) is 0 Å². The zero-order valence-corrected chi connectivity index (χ0v) is 6.02. The first-order chi connectivity index (χ1) is 4.63. The predicted octanol–water partition coefficient (Wildman–Crippen LogP) is 1.35. The van der Waals surface area contributed by atoms with E-state index in [1.165, 1.54) is 0 Å². The second kappa shape index (κ2) is 5.56. The Morgan fingerprint density at radius 2 is 2.10 bits per heavy atom. The molecule has 0 spiro atoms. The molecule has 62 valence electrons. The lowest BCUT2D eigenvalue weighted by molar-refractivity contribution is -0.129. The lowest BCUT2D eigenvalue weighted by Gasteiger charge is -2.04. The lowest BCUT2D eigenvalue weighted by Crippen LogP contribution is -2.15. The number of nitrogens with two attached hydrogens (primary N) is 1. The van der Waals surface area contributed by atoms with Crippen LogP contribution in [0.2, 0.25) is 0 Å². The van der Waals surface area contributed by atoms with Gasteiger partial charge in [-0.3, -0.25) is 0 Å². The van der Waals surface area contributed by atoms with Crippen molar-refractivity contribution in [3.63, 3.8) is 0 Å². The van der Waals surface area contributed by atoms with Gasteiger partial charge in [0.15, 0.2) is 0 Å². The van der Waals surface area contributed by atoms with Gasteiger partial charge in [0.25, 0.3) is 0 Å². The van der Waals surface area contributed by atoms with Crippen LogP contribution in [0.1, 0.15) is 19.8 Å². The maximum absolute atomic E-state index is 11.3. The van der Waals surface area contributed by atoms with E-state index in [0.717, 1.165) is 6.42 Å². The Kier molecular flexibility index (Phi) is 5.43. The van der Waals surface area contributed by atoms with Crippen LogP contribution in [0, 0.1) is 0 Å². The molecule has 0 aromatic rings. The standard InChI is InChI=1S/C6H13F2NO/c1-5(9)3-2-4-10-6(7)8/h5-6H,2-4,9H2,1H3. The zero-order chi connectivity index (χ0) is 7.98. The molecule has 0 aromatic carbocycles. The summed E-state index contributed by atoms with van der Waals surface area (Å²) in [6.45, 7) is -0.713. The average Bonchev–Trinajstić information content (AvgIpc) is 1.79. The minimum atomic E-state index is -2.65. The summed E-state index contributed by atoms with van der Waals surface area (Å²) in [5.41, 5.74) is 5.37. The summed E-state index contributed by atoms with van der Waals surface area (Å²) >= 11 is 0. The molecule has 1 atom stereocenters. The van der Waals surface area contributed by atoms with Crippen molar-refractivity contribution in [2.75, 3.05) is 6.61 Å². The van der Waals surface area contributed by atoms with E-state index in [0.29, 0.717) is 6.42 Å². The van der Waals surface area contributed by atoms with Crippen molar-refractivity contribution in [2.24, 2.45) is 5.73 Å². The van der Waals surface area contributed by atoms with Crippen molar-refractivity contribution in [3.8, 4) is 0 Å². The molecule has 0 aliphatic heterocycles. The summed E-state index contributed by atoms with van der Waals surface area (Å²) in [7, 11) is 0. The Hall–Kier alpha value is -0.220. The molecule has 2 nitrogen and oxygen atoms in total. The number of alkyl halides is 2. The number of ether oxygens (including phenoxy) is 1. The molecule has 0 bridgehead atoms. The van der Waals surface area contributed by atoms with Crippen LogP contribution in [0.3, 0.4) is 0 Å². The third kappa shape index (κ3) is 7.78. The van der Waals surface area contributed by atoms with Crippen LogP contribution < -0.4 is 5.73 Å². The molecule has 0 aliphatic carbocycles. The Morgan fingerprint density at radius 3 is 2.50 bits per heavy atom. The fourth-order valence-corrected chi connectivity index (χ4v) is 0.578. The van der Waals surface area contributed by atoms with Gasteiger partial charge in [0.2, 0.25) is 0 Å². The molecule has 0 aromatic heterocycles. The third-order valence-electron chi connectivity index (χ3n) is 1.05. The highest BCUT2D eigenvalue weighted by molar-refractivity contribution is 4.51. The number of halogens is 2.